The molecule has 5 rings (SSSR count). The molecule has 1 saturated heterocycles. The lowest BCUT2D eigenvalue weighted by molar-refractivity contribution is -0.137. The second-order valence-electron chi connectivity index (χ2n) is 11.0. The molecule has 9 nitrogen and oxygen atoms in total. The molecule has 0 atom stereocenters. The summed E-state index contributed by atoms with van der Waals surface area (Å²) in [7, 11) is 11.3. The molecule has 1 aliphatic carbocycles. The minimum atomic E-state index is -0.426. The van der Waals surface area contributed by atoms with Crippen LogP contribution in [-0.2, 0) is 19.2 Å². The molecule has 3 aliphatic rings. The molecule has 0 unspecified atom stereocenters. The summed E-state index contributed by atoms with van der Waals surface area (Å²) in [5, 5.41) is 3.93. The lowest BCUT2D eigenvalue weighted by Gasteiger charge is -2.28. The summed E-state index contributed by atoms with van der Waals surface area (Å²) in [6.45, 7) is 0. The van der Waals surface area contributed by atoms with Gasteiger partial charge in [-0.2, -0.15) is 0 Å². The third kappa shape index (κ3) is 9.34. The van der Waals surface area contributed by atoms with E-state index in [0.29, 0.717) is 11.3 Å². The van der Waals surface area contributed by atoms with Gasteiger partial charge in [0.25, 0.3) is 11.8 Å². The zero-order valence-corrected chi connectivity index (χ0v) is 28.3. The van der Waals surface area contributed by atoms with E-state index >= 15 is 0 Å². The maximum Gasteiger partial charge on any atom is 0.368 e. The number of hydrogen-bond donors (Lipinski definition) is 0. The molecule has 0 N–H and O–H groups in total. The Morgan fingerprint density at radius 3 is 1.77 bits per heavy atom. The fraction of sp³-hybridized carbons (Fsp3) is 0.189. The molecule has 242 valence electrons. The van der Waals surface area contributed by atoms with Crippen molar-refractivity contribution in [3.8, 4) is 0 Å². The monoisotopic (exact) mass is 649 g/mol. The first-order chi connectivity index (χ1) is 22.5. The summed E-state index contributed by atoms with van der Waals surface area (Å²) in [6.07, 6.45) is 21.5. The molecule has 1 fully saturated rings. The van der Waals surface area contributed by atoms with Gasteiger partial charge in [-0.05, 0) is 54.0 Å². The number of anilines is 2. The standard InChI is InChI=1S/C21H20N2O2.C16H19N3O2S/c1-23(2)18-14-12-16(13-15-18)8-7-11-19-20(22-25-21(19)24)17-9-5-3-4-6-10-17;1-17(2)13-10-8-12(9-11-13)6-5-7-14-15(20)18(3)22-19(4)16(14)21/h3,5-15H,4H2,1-2H3;5-11H,1-4H3/b8-7+,19-11+;6-5+. The fourth-order valence-corrected chi connectivity index (χ4v) is 5.20. The maximum atomic E-state index is 12.0. The first-order valence-electron chi connectivity index (χ1n) is 14.9. The molecule has 2 aliphatic heterocycles. The van der Waals surface area contributed by atoms with E-state index in [9.17, 15) is 14.4 Å². The van der Waals surface area contributed by atoms with E-state index in [-0.39, 0.29) is 17.4 Å². The summed E-state index contributed by atoms with van der Waals surface area (Å²) < 4.78 is 2.87. The number of rotatable bonds is 7. The predicted molar refractivity (Wildman–Crippen MR) is 193 cm³/mol. The average Bonchev–Trinajstić information content (AvgIpc) is 3.23. The highest BCUT2D eigenvalue weighted by atomic mass is 32.2. The Balaban J connectivity index is 0.000000215. The number of amides is 2. The van der Waals surface area contributed by atoms with Gasteiger partial charge in [-0.15, -0.1) is 0 Å². The van der Waals surface area contributed by atoms with Gasteiger partial charge in [0.2, 0.25) is 0 Å². The van der Waals surface area contributed by atoms with Crippen molar-refractivity contribution in [3.63, 3.8) is 0 Å². The molecular formula is C37H39N5O4S. The highest BCUT2D eigenvalue weighted by molar-refractivity contribution is 7.95. The predicted octanol–water partition coefficient (Wildman–Crippen LogP) is 6.23. The third-order valence-electron chi connectivity index (χ3n) is 7.15. The maximum absolute atomic E-state index is 12.0. The Morgan fingerprint density at radius 2 is 1.26 bits per heavy atom. The van der Waals surface area contributed by atoms with Crippen molar-refractivity contribution >= 4 is 59.2 Å². The van der Waals surface area contributed by atoms with E-state index < -0.39 is 5.97 Å². The van der Waals surface area contributed by atoms with E-state index in [1.54, 1.807) is 32.3 Å². The van der Waals surface area contributed by atoms with Crippen LogP contribution < -0.4 is 9.80 Å². The topological polar surface area (TPSA) is 85.8 Å². The minimum absolute atomic E-state index is 0.171. The van der Waals surface area contributed by atoms with Crippen molar-refractivity contribution < 1.29 is 19.2 Å². The van der Waals surface area contributed by atoms with Crippen LogP contribution in [0.1, 0.15) is 17.5 Å². The quantitative estimate of drug-likeness (QED) is 0.152. The molecule has 2 aromatic rings. The van der Waals surface area contributed by atoms with Crippen LogP contribution in [0, 0.1) is 0 Å². The van der Waals surface area contributed by atoms with Crippen molar-refractivity contribution in [2.45, 2.75) is 6.42 Å². The zero-order chi connectivity index (χ0) is 33.9. The van der Waals surface area contributed by atoms with Gasteiger partial charge in [-0.1, -0.05) is 84.1 Å². The lowest BCUT2D eigenvalue weighted by Crippen LogP contribution is -2.40. The van der Waals surface area contributed by atoms with Crippen LogP contribution in [0.15, 0.2) is 125 Å². The number of hydrogen-bond acceptors (Lipinski definition) is 8. The number of carbonyl (C=O) groups excluding carboxylic acids is 3. The molecule has 0 bridgehead atoms. The van der Waals surface area contributed by atoms with Crippen LogP contribution in [0.5, 0.6) is 0 Å². The lowest BCUT2D eigenvalue weighted by atomic mass is 10.0. The molecule has 2 heterocycles. The molecule has 47 heavy (non-hydrogen) atoms. The molecule has 0 saturated carbocycles. The molecule has 2 aromatic carbocycles. The van der Waals surface area contributed by atoms with Gasteiger partial charge in [-0.25, -0.2) is 4.79 Å². The van der Waals surface area contributed by atoms with Crippen LogP contribution in [-0.4, -0.2) is 74.4 Å². The number of likely N-dealkylation sites (N-methyl/N-ethyl adjacent to an activating group) is 2. The fourth-order valence-electron chi connectivity index (χ4n) is 4.48. The summed E-state index contributed by atoms with van der Waals surface area (Å²) >= 11 is 1.09. The first-order valence-corrected chi connectivity index (χ1v) is 15.7. The van der Waals surface area contributed by atoms with Crippen molar-refractivity contribution in [1.29, 1.82) is 0 Å². The van der Waals surface area contributed by atoms with Gasteiger partial charge >= 0.3 is 5.97 Å². The second-order valence-corrected chi connectivity index (χ2v) is 12.3. The smallest absolute Gasteiger partial charge is 0.368 e. The van der Waals surface area contributed by atoms with Crippen molar-refractivity contribution in [2.75, 3.05) is 52.1 Å². The van der Waals surface area contributed by atoms with E-state index in [4.69, 9.17) is 4.84 Å². The molecular weight excluding hydrogens is 611 g/mol. The molecule has 2 amide bonds. The highest BCUT2D eigenvalue weighted by Crippen LogP contribution is 2.25. The molecule has 0 radical (unpaired) electrons. The Labute approximate surface area is 281 Å². The van der Waals surface area contributed by atoms with Gasteiger partial charge in [0.15, 0.2) is 0 Å². The van der Waals surface area contributed by atoms with Crippen molar-refractivity contribution in [2.24, 2.45) is 5.16 Å². The SMILES string of the molecule is CN(C)c1ccc(/C=C/C=C2/C(=O)ON=C2C2=CC=CCC=C2)cc1.CN1SN(C)C(=O)C(=C/C=C/c2ccc(N(C)C)cc2)C1=O. The van der Waals surface area contributed by atoms with Crippen LogP contribution in [0.3, 0.4) is 0 Å². The van der Waals surface area contributed by atoms with Gasteiger partial charge in [0, 0.05) is 59.2 Å². The van der Waals surface area contributed by atoms with Crippen LogP contribution in [0.2, 0.25) is 0 Å². The van der Waals surface area contributed by atoms with E-state index in [1.165, 1.54) is 8.61 Å². The minimum Gasteiger partial charge on any atom is -0.378 e. The highest BCUT2D eigenvalue weighted by Gasteiger charge is 2.32. The van der Waals surface area contributed by atoms with Crippen LogP contribution >= 0.6 is 12.1 Å². The Kier molecular flexibility index (Phi) is 12.0. The van der Waals surface area contributed by atoms with Crippen LogP contribution in [0.4, 0.5) is 11.4 Å². The Bertz CT molecular complexity index is 1700. The number of nitrogens with zero attached hydrogens (tertiary/aromatic N) is 5. The Morgan fingerprint density at radius 1 is 0.745 bits per heavy atom. The first kappa shape index (κ1) is 34.5. The van der Waals surface area contributed by atoms with Crippen molar-refractivity contribution in [3.05, 3.63) is 131 Å². The van der Waals surface area contributed by atoms with Gasteiger partial charge in [-0.3, -0.25) is 18.2 Å². The summed E-state index contributed by atoms with van der Waals surface area (Å²) in [5.74, 6) is -0.980. The third-order valence-corrected chi connectivity index (χ3v) is 7.97. The Hall–Kier alpha value is -5.35. The largest absolute Gasteiger partial charge is 0.378 e. The van der Waals surface area contributed by atoms with Crippen LogP contribution in [0.25, 0.3) is 12.2 Å². The van der Waals surface area contributed by atoms with E-state index in [2.05, 4.69) is 22.2 Å². The molecule has 0 aromatic heterocycles. The van der Waals surface area contributed by atoms with Gasteiger partial charge < -0.3 is 14.6 Å². The average molecular weight is 650 g/mol. The number of carbonyl (C=O) groups is 3. The van der Waals surface area contributed by atoms with E-state index in [0.717, 1.165) is 46.6 Å². The molecule has 0 spiro atoms. The summed E-state index contributed by atoms with van der Waals surface area (Å²) in [4.78, 5) is 44.9. The summed E-state index contributed by atoms with van der Waals surface area (Å²) in [5.41, 5.74) is 6.41. The van der Waals surface area contributed by atoms with Gasteiger partial charge in [0.05, 0.1) is 17.7 Å². The number of oxime groups is 1. The second kappa shape index (κ2) is 16.3. The van der Waals surface area contributed by atoms with E-state index in [1.807, 2.05) is 118 Å². The van der Waals surface area contributed by atoms with Crippen molar-refractivity contribution in [1.82, 2.24) is 8.61 Å². The summed E-state index contributed by atoms with van der Waals surface area (Å²) in [6, 6.07) is 16.2. The number of benzene rings is 2. The zero-order valence-electron chi connectivity index (χ0n) is 27.5. The van der Waals surface area contributed by atoms with Gasteiger partial charge in [0.1, 0.15) is 11.3 Å². The normalized spacial score (nSPS) is 17.1. The molecule has 10 heteroatoms. The number of allylic oxidation sites excluding steroid dienone is 10.